The molecule has 100 valence electrons. The van der Waals surface area contributed by atoms with Gasteiger partial charge in [-0.1, -0.05) is 12.1 Å². The molecule has 0 unspecified atom stereocenters. The van der Waals surface area contributed by atoms with Gasteiger partial charge in [-0.3, -0.25) is 13.9 Å². The van der Waals surface area contributed by atoms with Crippen molar-refractivity contribution >= 4 is 11.6 Å². The van der Waals surface area contributed by atoms with Crippen molar-refractivity contribution in [1.29, 1.82) is 0 Å². The summed E-state index contributed by atoms with van der Waals surface area (Å²) >= 11 is 0. The van der Waals surface area contributed by atoms with Gasteiger partial charge in [0.1, 0.15) is 12.4 Å². The maximum Gasteiger partial charge on any atom is 0.328 e. The van der Waals surface area contributed by atoms with Crippen LogP contribution in [-0.4, -0.2) is 15.0 Å². The van der Waals surface area contributed by atoms with E-state index in [0.29, 0.717) is 6.54 Å². The summed E-state index contributed by atoms with van der Waals surface area (Å²) in [5.74, 6) is -0.949. The standard InChI is InChI=1S/C13H14FN3O2/c1-2-16-7-8-17(13(16)19)9-12(18)15-11-6-4-3-5-10(11)14/h3-8H,2,9H2,1H3,(H,15,18). The Morgan fingerprint density at radius 3 is 2.58 bits per heavy atom. The highest BCUT2D eigenvalue weighted by atomic mass is 19.1. The molecule has 0 saturated heterocycles. The molecule has 1 aromatic carbocycles. The number of halogens is 1. The van der Waals surface area contributed by atoms with Gasteiger partial charge in [-0.25, -0.2) is 9.18 Å². The minimum Gasteiger partial charge on any atom is -0.322 e. The lowest BCUT2D eigenvalue weighted by Gasteiger charge is -2.06. The predicted octanol–water partition coefficient (Wildman–Crippen LogP) is 1.45. The highest BCUT2D eigenvalue weighted by Crippen LogP contribution is 2.12. The third-order valence-electron chi connectivity index (χ3n) is 2.72. The van der Waals surface area contributed by atoms with Gasteiger partial charge in [0.2, 0.25) is 5.91 Å². The minimum atomic E-state index is -0.505. The molecule has 2 rings (SSSR count). The van der Waals surface area contributed by atoms with Crippen LogP contribution in [0.1, 0.15) is 6.92 Å². The number of carbonyl (C=O) groups excluding carboxylic acids is 1. The van der Waals surface area contributed by atoms with Gasteiger partial charge in [-0.05, 0) is 19.1 Å². The monoisotopic (exact) mass is 263 g/mol. The molecule has 1 N–H and O–H groups in total. The van der Waals surface area contributed by atoms with Crippen LogP contribution in [-0.2, 0) is 17.9 Å². The predicted molar refractivity (Wildman–Crippen MR) is 69.4 cm³/mol. The van der Waals surface area contributed by atoms with E-state index in [0.717, 1.165) is 0 Å². The number of rotatable bonds is 4. The minimum absolute atomic E-state index is 0.107. The van der Waals surface area contributed by atoms with Gasteiger partial charge in [-0.2, -0.15) is 0 Å². The zero-order chi connectivity index (χ0) is 13.8. The van der Waals surface area contributed by atoms with E-state index in [9.17, 15) is 14.0 Å². The number of para-hydroxylation sites is 1. The van der Waals surface area contributed by atoms with Gasteiger partial charge in [0.15, 0.2) is 0 Å². The molecular weight excluding hydrogens is 249 g/mol. The van der Waals surface area contributed by atoms with Crippen molar-refractivity contribution in [2.24, 2.45) is 0 Å². The second kappa shape index (κ2) is 5.51. The number of aromatic nitrogens is 2. The number of hydrogen-bond acceptors (Lipinski definition) is 2. The lowest BCUT2D eigenvalue weighted by molar-refractivity contribution is -0.116. The largest absolute Gasteiger partial charge is 0.328 e. The van der Waals surface area contributed by atoms with Crippen LogP contribution in [0.5, 0.6) is 0 Å². The zero-order valence-corrected chi connectivity index (χ0v) is 10.5. The zero-order valence-electron chi connectivity index (χ0n) is 10.5. The van der Waals surface area contributed by atoms with E-state index in [1.54, 1.807) is 12.3 Å². The van der Waals surface area contributed by atoms with Gasteiger partial charge in [0, 0.05) is 18.9 Å². The van der Waals surface area contributed by atoms with E-state index in [-0.39, 0.29) is 17.9 Å². The molecule has 1 aromatic heterocycles. The molecule has 0 bridgehead atoms. The first-order valence-corrected chi connectivity index (χ1v) is 5.91. The smallest absolute Gasteiger partial charge is 0.322 e. The van der Waals surface area contributed by atoms with E-state index >= 15 is 0 Å². The summed E-state index contributed by atoms with van der Waals surface area (Å²) in [7, 11) is 0. The Morgan fingerprint density at radius 2 is 1.95 bits per heavy atom. The number of imidazole rings is 1. The molecule has 1 heterocycles. The number of nitrogens with zero attached hydrogens (tertiary/aromatic N) is 2. The fourth-order valence-electron chi connectivity index (χ4n) is 1.72. The molecule has 0 aliphatic rings. The highest BCUT2D eigenvalue weighted by molar-refractivity contribution is 5.90. The van der Waals surface area contributed by atoms with Crippen LogP contribution < -0.4 is 11.0 Å². The lowest BCUT2D eigenvalue weighted by Crippen LogP contribution is -2.29. The molecule has 2 aromatic rings. The quantitative estimate of drug-likeness (QED) is 0.907. The second-order valence-electron chi connectivity index (χ2n) is 4.02. The van der Waals surface area contributed by atoms with Crippen LogP contribution in [0, 0.1) is 5.82 Å². The Hall–Kier alpha value is -2.37. The van der Waals surface area contributed by atoms with Crippen molar-refractivity contribution in [1.82, 2.24) is 9.13 Å². The molecule has 0 atom stereocenters. The third kappa shape index (κ3) is 2.90. The summed E-state index contributed by atoms with van der Waals surface area (Å²) in [4.78, 5) is 23.5. The highest BCUT2D eigenvalue weighted by Gasteiger charge is 2.09. The first-order valence-electron chi connectivity index (χ1n) is 5.91. The van der Waals surface area contributed by atoms with Crippen molar-refractivity contribution in [3.63, 3.8) is 0 Å². The van der Waals surface area contributed by atoms with Crippen LogP contribution in [0.25, 0.3) is 0 Å². The first kappa shape index (κ1) is 13.1. The fourth-order valence-corrected chi connectivity index (χ4v) is 1.72. The van der Waals surface area contributed by atoms with Gasteiger partial charge in [-0.15, -0.1) is 0 Å². The van der Waals surface area contributed by atoms with Crippen LogP contribution in [0.3, 0.4) is 0 Å². The first-order chi connectivity index (χ1) is 9.11. The third-order valence-corrected chi connectivity index (χ3v) is 2.72. The number of aryl methyl sites for hydroxylation is 1. The lowest BCUT2D eigenvalue weighted by atomic mass is 10.3. The second-order valence-corrected chi connectivity index (χ2v) is 4.02. The van der Waals surface area contributed by atoms with Crippen LogP contribution in [0.4, 0.5) is 10.1 Å². The van der Waals surface area contributed by atoms with Crippen molar-refractivity contribution in [2.45, 2.75) is 20.0 Å². The number of carbonyl (C=O) groups is 1. The Morgan fingerprint density at radius 1 is 1.26 bits per heavy atom. The summed E-state index contributed by atoms with van der Waals surface area (Å²) < 4.78 is 16.1. The normalized spacial score (nSPS) is 10.4. The molecule has 0 spiro atoms. The van der Waals surface area contributed by atoms with Gasteiger partial charge < -0.3 is 5.32 Å². The number of hydrogen-bond donors (Lipinski definition) is 1. The van der Waals surface area contributed by atoms with Gasteiger partial charge in [0.05, 0.1) is 5.69 Å². The van der Waals surface area contributed by atoms with E-state index < -0.39 is 11.7 Å². The maximum atomic E-state index is 13.3. The van der Waals surface area contributed by atoms with Crippen molar-refractivity contribution in [2.75, 3.05) is 5.32 Å². The van der Waals surface area contributed by atoms with E-state index in [1.807, 2.05) is 6.92 Å². The molecule has 0 radical (unpaired) electrons. The summed E-state index contributed by atoms with van der Waals surface area (Å²) in [6.07, 6.45) is 3.14. The van der Waals surface area contributed by atoms with Crippen molar-refractivity contribution in [3.05, 3.63) is 53.0 Å². The van der Waals surface area contributed by atoms with Gasteiger partial charge >= 0.3 is 5.69 Å². The molecule has 0 aliphatic heterocycles. The molecule has 19 heavy (non-hydrogen) atoms. The fraction of sp³-hybridized carbons (Fsp3) is 0.231. The van der Waals surface area contributed by atoms with E-state index in [1.165, 1.54) is 33.5 Å². The number of amides is 1. The Balaban J connectivity index is 2.08. The summed E-state index contributed by atoms with van der Waals surface area (Å²) in [6, 6.07) is 5.89. The topological polar surface area (TPSA) is 56.0 Å². The summed E-state index contributed by atoms with van der Waals surface area (Å²) in [5.41, 5.74) is -0.151. The van der Waals surface area contributed by atoms with Crippen molar-refractivity contribution in [3.8, 4) is 0 Å². The molecule has 6 heteroatoms. The molecule has 0 aliphatic carbocycles. The Bertz CT molecular complexity index is 645. The molecule has 1 amide bonds. The summed E-state index contributed by atoms with van der Waals surface area (Å²) in [5, 5.41) is 2.43. The van der Waals surface area contributed by atoms with E-state index in [2.05, 4.69) is 5.32 Å². The van der Waals surface area contributed by atoms with Crippen LogP contribution in [0.2, 0.25) is 0 Å². The molecule has 0 saturated carbocycles. The SMILES string of the molecule is CCn1ccn(CC(=O)Nc2ccccc2F)c1=O. The maximum absolute atomic E-state index is 13.3. The van der Waals surface area contributed by atoms with Crippen molar-refractivity contribution < 1.29 is 9.18 Å². The number of benzene rings is 1. The number of anilines is 1. The summed E-state index contributed by atoms with van der Waals surface area (Å²) in [6.45, 7) is 2.24. The molecule has 5 nitrogen and oxygen atoms in total. The molecule has 0 fully saturated rings. The van der Waals surface area contributed by atoms with E-state index in [4.69, 9.17) is 0 Å². The average molecular weight is 263 g/mol. The van der Waals surface area contributed by atoms with Gasteiger partial charge in [0.25, 0.3) is 0 Å². The average Bonchev–Trinajstić information content (AvgIpc) is 2.73. The van der Waals surface area contributed by atoms with Crippen LogP contribution in [0.15, 0.2) is 41.5 Å². The number of nitrogens with one attached hydrogen (secondary N) is 1. The Labute approximate surface area is 109 Å². The van der Waals surface area contributed by atoms with Crippen LogP contribution >= 0.6 is 0 Å². The molecular formula is C13H14FN3O2. The Kier molecular flexibility index (Phi) is 3.79.